The van der Waals surface area contributed by atoms with Crippen LogP contribution in [0.15, 0.2) is 18.2 Å². The van der Waals surface area contributed by atoms with Gasteiger partial charge in [0, 0.05) is 12.1 Å². The quantitative estimate of drug-likeness (QED) is 0.852. The van der Waals surface area contributed by atoms with Gasteiger partial charge in [0.1, 0.15) is 0 Å². The van der Waals surface area contributed by atoms with Crippen molar-refractivity contribution in [2.24, 2.45) is 0 Å². The van der Waals surface area contributed by atoms with E-state index in [0.29, 0.717) is 12.4 Å². The largest absolute Gasteiger partial charge is 0.504 e. The van der Waals surface area contributed by atoms with Crippen LogP contribution in [0.5, 0.6) is 11.5 Å². The van der Waals surface area contributed by atoms with Gasteiger partial charge in [-0.15, -0.1) is 0 Å². The number of rotatable bonds is 5. The molecule has 0 atom stereocenters. The van der Waals surface area contributed by atoms with Crippen molar-refractivity contribution in [2.75, 3.05) is 6.61 Å². The Hall–Kier alpha value is -1.22. The lowest BCUT2D eigenvalue weighted by molar-refractivity contribution is 0.252. The fraction of sp³-hybridized carbons (Fsp3) is 0.625. The van der Waals surface area contributed by atoms with Gasteiger partial charge < -0.3 is 15.2 Å². The second-order valence-corrected chi connectivity index (χ2v) is 5.71. The van der Waals surface area contributed by atoms with Gasteiger partial charge in [0.2, 0.25) is 0 Å². The number of hydrogen-bond donors (Lipinski definition) is 2. The average molecular weight is 263 g/mol. The summed E-state index contributed by atoms with van der Waals surface area (Å²) in [4.78, 5) is 0. The van der Waals surface area contributed by atoms with Crippen molar-refractivity contribution in [2.45, 2.75) is 58.0 Å². The molecule has 2 rings (SSSR count). The van der Waals surface area contributed by atoms with E-state index < -0.39 is 0 Å². The van der Waals surface area contributed by atoms with Crippen molar-refractivity contribution in [3.8, 4) is 11.5 Å². The Morgan fingerprint density at radius 3 is 2.68 bits per heavy atom. The third-order valence-electron chi connectivity index (χ3n) is 4.00. The maximum absolute atomic E-state index is 9.69. The molecule has 1 aromatic carbocycles. The topological polar surface area (TPSA) is 41.5 Å². The molecule has 1 aliphatic carbocycles. The Labute approximate surface area is 116 Å². The molecule has 0 heterocycles. The summed E-state index contributed by atoms with van der Waals surface area (Å²) in [5, 5.41) is 13.4. The molecule has 0 radical (unpaired) electrons. The lowest BCUT2D eigenvalue weighted by atomic mass is 9.83. The van der Waals surface area contributed by atoms with Gasteiger partial charge in [-0.25, -0.2) is 0 Å². The molecular formula is C16H25NO2. The lowest BCUT2D eigenvalue weighted by Crippen LogP contribution is -2.43. The van der Waals surface area contributed by atoms with Crippen LogP contribution in [0.2, 0.25) is 0 Å². The van der Waals surface area contributed by atoms with Gasteiger partial charge in [0.25, 0.3) is 0 Å². The highest BCUT2D eigenvalue weighted by Crippen LogP contribution is 2.29. The van der Waals surface area contributed by atoms with Gasteiger partial charge in [-0.05, 0) is 44.4 Å². The van der Waals surface area contributed by atoms with Gasteiger partial charge in [-0.2, -0.15) is 0 Å². The number of ether oxygens (including phenoxy) is 1. The van der Waals surface area contributed by atoms with Gasteiger partial charge in [0.15, 0.2) is 11.5 Å². The highest BCUT2D eigenvalue weighted by Gasteiger charge is 2.25. The Bertz CT molecular complexity index is 411. The molecule has 106 valence electrons. The molecule has 19 heavy (non-hydrogen) atoms. The minimum absolute atomic E-state index is 0.217. The summed E-state index contributed by atoms with van der Waals surface area (Å²) < 4.78 is 5.42. The van der Waals surface area contributed by atoms with E-state index in [1.807, 2.05) is 19.1 Å². The maximum atomic E-state index is 9.69. The highest BCUT2D eigenvalue weighted by atomic mass is 16.5. The van der Waals surface area contributed by atoms with Gasteiger partial charge in [-0.3, -0.25) is 0 Å². The van der Waals surface area contributed by atoms with Gasteiger partial charge >= 0.3 is 0 Å². The molecule has 3 nitrogen and oxygen atoms in total. The molecule has 0 spiro atoms. The van der Waals surface area contributed by atoms with E-state index in [1.54, 1.807) is 6.07 Å². The summed E-state index contributed by atoms with van der Waals surface area (Å²) in [6.45, 7) is 5.64. The van der Waals surface area contributed by atoms with Crippen molar-refractivity contribution in [3.05, 3.63) is 23.8 Å². The Balaban J connectivity index is 1.97. The summed E-state index contributed by atoms with van der Waals surface area (Å²) >= 11 is 0. The fourth-order valence-electron chi connectivity index (χ4n) is 2.76. The number of benzene rings is 1. The van der Waals surface area contributed by atoms with E-state index in [-0.39, 0.29) is 11.3 Å². The lowest BCUT2D eigenvalue weighted by Gasteiger charge is -2.35. The summed E-state index contributed by atoms with van der Waals surface area (Å²) in [7, 11) is 0. The fourth-order valence-corrected chi connectivity index (χ4v) is 2.76. The molecule has 2 N–H and O–H groups in total. The molecule has 1 aromatic rings. The zero-order valence-electron chi connectivity index (χ0n) is 12.0. The van der Waals surface area contributed by atoms with Crippen LogP contribution in [-0.2, 0) is 6.54 Å². The van der Waals surface area contributed by atoms with Gasteiger partial charge in [0.05, 0.1) is 6.61 Å². The van der Waals surface area contributed by atoms with Crippen molar-refractivity contribution < 1.29 is 9.84 Å². The Morgan fingerprint density at radius 2 is 2.00 bits per heavy atom. The van der Waals surface area contributed by atoms with Crippen LogP contribution in [0, 0.1) is 0 Å². The smallest absolute Gasteiger partial charge is 0.161 e. The van der Waals surface area contributed by atoms with Crippen LogP contribution in [0.1, 0.15) is 51.5 Å². The highest BCUT2D eigenvalue weighted by molar-refractivity contribution is 5.41. The van der Waals surface area contributed by atoms with Crippen LogP contribution in [-0.4, -0.2) is 17.3 Å². The van der Waals surface area contributed by atoms with Crippen LogP contribution in [0.3, 0.4) is 0 Å². The molecular weight excluding hydrogens is 238 g/mol. The van der Waals surface area contributed by atoms with E-state index in [9.17, 15) is 5.11 Å². The molecule has 0 aliphatic heterocycles. The Morgan fingerprint density at radius 1 is 1.26 bits per heavy atom. The van der Waals surface area contributed by atoms with E-state index in [0.717, 1.165) is 12.1 Å². The summed E-state index contributed by atoms with van der Waals surface area (Å²) in [6, 6.07) is 5.60. The first-order chi connectivity index (χ1) is 9.13. The van der Waals surface area contributed by atoms with Crippen LogP contribution in [0.25, 0.3) is 0 Å². The van der Waals surface area contributed by atoms with E-state index in [1.165, 1.54) is 32.1 Å². The monoisotopic (exact) mass is 263 g/mol. The molecule has 0 aromatic heterocycles. The first-order valence-corrected chi connectivity index (χ1v) is 7.33. The average Bonchev–Trinajstić information content (AvgIpc) is 2.41. The SMILES string of the molecule is CCOc1cc(CNC2(C)CCCCC2)ccc1O. The van der Waals surface area contributed by atoms with Crippen molar-refractivity contribution in [3.63, 3.8) is 0 Å². The van der Waals surface area contributed by atoms with E-state index in [2.05, 4.69) is 12.2 Å². The van der Waals surface area contributed by atoms with E-state index in [4.69, 9.17) is 4.74 Å². The minimum atomic E-state index is 0.217. The van der Waals surface area contributed by atoms with Crippen molar-refractivity contribution in [1.29, 1.82) is 0 Å². The van der Waals surface area contributed by atoms with Crippen LogP contribution in [0.4, 0.5) is 0 Å². The molecule has 1 aliphatic rings. The molecule has 0 saturated heterocycles. The Kier molecular flexibility index (Phi) is 4.70. The minimum Gasteiger partial charge on any atom is -0.504 e. The third-order valence-corrected chi connectivity index (χ3v) is 4.00. The van der Waals surface area contributed by atoms with Crippen molar-refractivity contribution in [1.82, 2.24) is 5.32 Å². The normalized spacial score (nSPS) is 18.2. The van der Waals surface area contributed by atoms with E-state index >= 15 is 0 Å². The van der Waals surface area contributed by atoms with Crippen LogP contribution >= 0.6 is 0 Å². The number of nitrogens with one attached hydrogen (secondary N) is 1. The first kappa shape index (κ1) is 14.2. The summed E-state index contributed by atoms with van der Waals surface area (Å²) in [5.74, 6) is 0.796. The summed E-state index contributed by atoms with van der Waals surface area (Å²) in [6.07, 6.45) is 6.52. The number of phenolic OH excluding ortho intramolecular Hbond substituents is 1. The van der Waals surface area contributed by atoms with Crippen molar-refractivity contribution >= 4 is 0 Å². The molecule has 0 amide bonds. The number of aromatic hydroxyl groups is 1. The predicted molar refractivity (Wildman–Crippen MR) is 77.6 cm³/mol. The predicted octanol–water partition coefficient (Wildman–Crippen LogP) is 3.60. The second-order valence-electron chi connectivity index (χ2n) is 5.71. The molecule has 0 bridgehead atoms. The second kappa shape index (κ2) is 6.29. The zero-order valence-corrected chi connectivity index (χ0v) is 12.0. The maximum Gasteiger partial charge on any atom is 0.161 e. The number of hydrogen-bond acceptors (Lipinski definition) is 3. The number of phenols is 1. The van der Waals surface area contributed by atoms with Gasteiger partial charge in [-0.1, -0.05) is 25.3 Å². The summed E-state index contributed by atoms with van der Waals surface area (Å²) in [5.41, 5.74) is 1.43. The molecule has 1 saturated carbocycles. The first-order valence-electron chi connectivity index (χ1n) is 7.33. The zero-order chi connectivity index (χ0) is 13.7. The molecule has 1 fully saturated rings. The molecule has 3 heteroatoms. The third kappa shape index (κ3) is 3.87. The standard InChI is InChI=1S/C16H25NO2/c1-3-19-15-11-13(7-8-14(15)18)12-17-16(2)9-5-4-6-10-16/h7-8,11,17-18H,3-6,9-10,12H2,1-2H3. The molecule has 0 unspecified atom stereocenters. The van der Waals surface area contributed by atoms with Crippen LogP contribution < -0.4 is 10.1 Å².